The number of anilines is 3. The highest BCUT2D eigenvalue weighted by atomic mass is 16.3. The smallest absolute Gasteiger partial charge is 0.224 e. The van der Waals surface area contributed by atoms with Crippen molar-refractivity contribution in [2.45, 2.75) is 83.0 Å². The second-order valence-electron chi connectivity index (χ2n) is 9.80. The van der Waals surface area contributed by atoms with Crippen LogP contribution in [-0.2, 0) is 4.79 Å². The van der Waals surface area contributed by atoms with Crippen LogP contribution in [0.25, 0.3) is 0 Å². The van der Waals surface area contributed by atoms with Gasteiger partial charge in [0.05, 0.1) is 24.5 Å². The van der Waals surface area contributed by atoms with E-state index in [1.165, 1.54) is 25.7 Å². The maximum atomic E-state index is 12.0. The molecular formula is C24H40N6O2. The Morgan fingerprint density at radius 2 is 1.97 bits per heavy atom. The molecule has 1 aliphatic carbocycles. The highest BCUT2D eigenvalue weighted by molar-refractivity contribution is 5.79. The predicted octanol–water partition coefficient (Wildman–Crippen LogP) is 2.53. The molecule has 3 heterocycles. The Hall–Kier alpha value is -1.93. The van der Waals surface area contributed by atoms with Gasteiger partial charge in [0.2, 0.25) is 5.95 Å². The van der Waals surface area contributed by atoms with Gasteiger partial charge in [-0.3, -0.25) is 0 Å². The third-order valence-corrected chi connectivity index (χ3v) is 7.96. The SMILES string of the molecule is CCC1C(C=O)N(C)c2cnc(NC(C)C3CCN(CCO)CC3)nc2N1C1CCCC1. The lowest BCUT2D eigenvalue weighted by atomic mass is 9.90. The molecule has 32 heavy (non-hydrogen) atoms. The number of fused-ring (bicyclic) bond motifs is 1. The average molecular weight is 445 g/mol. The van der Waals surface area contributed by atoms with Gasteiger partial charge in [-0.2, -0.15) is 4.98 Å². The fourth-order valence-electron chi connectivity index (χ4n) is 6.00. The number of likely N-dealkylation sites (N-methyl/N-ethyl adjacent to an activating group) is 1. The number of rotatable bonds is 8. The summed E-state index contributed by atoms with van der Waals surface area (Å²) in [6, 6.07) is 0.712. The van der Waals surface area contributed by atoms with Crippen molar-refractivity contribution in [1.29, 1.82) is 0 Å². The van der Waals surface area contributed by atoms with Gasteiger partial charge in [-0.1, -0.05) is 19.8 Å². The van der Waals surface area contributed by atoms with E-state index in [0.717, 1.165) is 56.7 Å². The number of aliphatic hydroxyl groups is 1. The molecule has 8 heteroatoms. The van der Waals surface area contributed by atoms with Gasteiger partial charge in [0.1, 0.15) is 12.3 Å². The van der Waals surface area contributed by atoms with E-state index in [0.29, 0.717) is 17.9 Å². The van der Waals surface area contributed by atoms with Gasteiger partial charge in [0, 0.05) is 25.7 Å². The third kappa shape index (κ3) is 4.57. The average Bonchev–Trinajstić information content (AvgIpc) is 3.34. The zero-order chi connectivity index (χ0) is 22.7. The van der Waals surface area contributed by atoms with Crippen molar-refractivity contribution in [3.05, 3.63) is 6.20 Å². The number of carbonyl (C=O) groups is 1. The summed E-state index contributed by atoms with van der Waals surface area (Å²) in [5.41, 5.74) is 0.953. The number of aromatic nitrogens is 2. The van der Waals surface area contributed by atoms with Crippen LogP contribution < -0.4 is 15.1 Å². The van der Waals surface area contributed by atoms with Crippen molar-refractivity contribution in [3.8, 4) is 0 Å². The molecule has 1 aromatic rings. The third-order valence-electron chi connectivity index (χ3n) is 7.96. The van der Waals surface area contributed by atoms with E-state index in [1.54, 1.807) is 0 Å². The molecule has 178 valence electrons. The minimum Gasteiger partial charge on any atom is -0.395 e. The van der Waals surface area contributed by atoms with Gasteiger partial charge < -0.3 is 29.9 Å². The van der Waals surface area contributed by atoms with Gasteiger partial charge in [0.15, 0.2) is 5.82 Å². The first-order valence-corrected chi connectivity index (χ1v) is 12.5. The second-order valence-corrected chi connectivity index (χ2v) is 9.80. The standard InChI is InChI=1S/C24H40N6O2/c1-4-20-22(16-32)28(3)21-15-25-24(27-23(21)30(20)19-7-5-6-8-19)26-17(2)18-9-11-29(12-10-18)13-14-31/h15-20,22,31H,4-14H2,1-3H3,(H,25,26,27). The lowest BCUT2D eigenvalue weighted by Crippen LogP contribution is -2.58. The summed E-state index contributed by atoms with van der Waals surface area (Å²) >= 11 is 0. The molecule has 0 spiro atoms. The van der Waals surface area contributed by atoms with Gasteiger partial charge in [0.25, 0.3) is 0 Å². The number of likely N-dealkylation sites (tertiary alicyclic amines) is 1. The van der Waals surface area contributed by atoms with Crippen molar-refractivity contribution >= 4 is 23.7 Å². The van der Waals surface area contributed by atoms with E-state index in [9.17, 15) is 9.90 Å². The zero-order valence-corrected chi connectivity index (χ0v) is 19.9. The molecule has 0 amide bonds. The van der Waals surface area contributed by atoms with Crippen LogP contribution in [0, 0.1) is 5.92 Å². The number of aldehydes is 1. The Labute approximate surface area is 192 Å². The van der Waals surface area contributed by atoms with Crippen LogP contribution in [0.4, 0.5) is 17.5 Å². The monoisotopic (exact) mass is 444 g/mol. The lowest BCUT2D eigenvalue weighted by molar-refractivity contribution is -0.109. The molecule has 8 nitrogen and oxygen atoms in total. The van der Waals surface area contributed by atoms with E-state index in [-0.39, 0.29) is 24.7 Å². The molecule has 3 atom stereocenters. The van der Waals surface area contributed by atoms with Crippen LogP contribution in [0.3, 0.4) is 0 Å². The number of hydrogen-bond acceptors (Lipinski definition) is 8. The Balaban J connectivity index is 1.54. The topological polar surface area (TPSA) is 84.8 Å². The molecule has 0 aromatic carbocycles. The molecule has 2 N–H and O–H groups in total. The normalized spacial score (nSPS) is 26.2. The summed E-state index contributed by atoms with van der Waals surface area (Å²) in [5.74, 6) is 2.23. The van der Waals surface area contributed by atoms with Gasteiger partial charge in [-0.05, 0) is 58.0 Å². The molecule has 2 fully saturated rings. The molecule has 1 saturated heterocycles. The predicted molar refractivity (Wildman–Crippen MR) is 128 cm³/mol. The lowest BCUT2D eigenvalue weighted by Gasteiger charge is -2.48. The van der Waals surface area contributed by atoms with Crippen molar-refractivity contribution in [1.82, 2.24) is 14.9 Å². The summed E-state index contributed by atoms with van der Waals surface area (Å²) < 4.78 is 0. The number of nitrogens with one attached hydrogen (secondary N) is 1. The minimum absolute atomic E-state index is 0.143. The summed E-state index contributed by atoms with van der Waals surface area (Å²) in [4.78, 5) is 28.6. The van der Waals surface area contributed by atoms with E-state index in [2.05, 4.69) is 38.8 Å². The fourth-order valence-corrected chi connectivity index (χ4v) is 6.00. The van der Waals surface area contributed by atoms with Crippen LogP contribution in [0.5, 0.6) is 0 Å². The number of hydrogen-bond donors (Lipinski definition) is 2. The molecule has 3 aliphatic rings. The summed E-state index contributed by atoms with van der Waals surface area (Å²) in [6.45, 7) is 7.48. The van der Waals surface area contributed by atoms with Gasteiger partial charge in [-0.15, -0.1) is 0 Å². The Morgan fingerprint density at radius 1 is 1.25 bits per heavy atom. The van der Waals surface area contributed by atoms with Gasteiger partial charge >= 0.3 is 0 Å². The van der Waals surface area contributed by atoms with Crippen LogP contribution in [0.2, 0.25) is 0 Å². The fraction of sp³-hybridized carbons (Fsp3) is 0.792. The second kappa shape index (κ2) is 10.3. The first kappa shape index (κ1) is 23.2. The Bertz CT molecular complexity index is 763. The quantitative estimate of drug-likeness (QED) is 0.592. The molecule has 4 rings (SSSR count). The number of piperidine rings is 1. The Kier molecular flexibility index (Phi) is 7.51. The first-order chi connectivity index (χ1) is 15.6. The summed E-state index contributed by atoms with van der Waals surface area (Å²) in [7, 11) is 1.99. The number of carbonyl (C=O) groups excluding carboxylic acids is 1. The maximum Gasteiger partial charge on any atom is 0.224 e. The van der Waals surface area contributed by atoms with Crippen molar-refractivity contribution in [2.75, 3.05) is 48.4 Å². The Morgan fingerprint density at radius 3 is 2.59 bits per heavy atom. The summed E-state index contributed by atoms with van der Waals surface area (Å²) in [5, 5.41) is 12.8. The minimum atomic E-state index is -0.168. The van der Waals surface area contributed by atoms with Crippen molar-refractivity contribution < 1.29 is 9.90 Å². The molecule has 0 bridgehead atoms. The first-order valence-electron chi connectivity index (χ1n) is 12.5. The van der Waals surface area contributed by atoms with Crippen LogP contribution in [0.1, 0.15) is 58.8 Å². The number of aliphatic hydroxyl groups excluding tert-OH is 1. The summed E-state index contributed by atoms with van der Waals surface area (Å²) in [6.07, 6.45) is 11.0. The van der Waals surface area contributed by atoms with Crippen LogP contribution in [0.15, 0.2) is 6.20 Å². The molecule has 1 aromatic heterocycles. The van der Waals surface area contributed by atoms with Crippen LogP contribution >= 0.6 is 0 Å². The van der Waals surface area contributed by atoms with Crippen molar-refractivity contribution in [2.24, 2.45) is 5.92 Å². The number of nitrogens with zero attached hydrogens (tertiary/aromatic N) is 5. The van der Waals surface area contributed by atoms with Crippen LogP contribution in [-0.4, -0.2) is 83.7 Å². The molecule has 0 radical (unpaired) electrons. The highest BCUT2D eigenvalue weighted by Crippen LogP contribution is 2.41. The van der Waals surface area contributed by atoms with E-state index in [4.69, 9.17) is 4.98 Å². The maximum absolute atomic E-state index is 12.0. The zero-order valence-electron chi connectivity index (χ0n) is 19.9. The van der Waals surface area contributed by atoms with E-state index >= 15 is 0 Å². The number of β-amino-alcohol motifs (C(OH)–C–C–N with tert-alkyl or cyclic N) is 1. The van der Waals surface area contributed by atoms with E-state index < -0.39 is 0 Å². The van der Waals surface area contributed by atoms with E-state index in [1.807, 2.05) is 13.2 Å². The molecule has 3 unspecified atom stereocenters. The molecular weight excluding hydrogens is 404 g/mol. The largest absolute Gasteiger partial charge is 0.395 e. The molecule has 2 aliphatic heterocycles. The molecule has 1 saturated carbocycles. The van der Waals surface area contributed by atoms with Crippen molar-refractivity contribution in [3.63, 3.8) is 0 Å². The highest BCUT2D eigenvalue weighted by Gasteiger charge is 2.41. The van der Waals surface area contributed by atoms with Gasteiger partial charge in [-0.25, -0.2) is 4.98 Å².